The van der Waals surface area contributed by atoms with E-state index in [4.69, 9.17) is 0 Å². The molecule has 2 amide bonds. The van der Waals surface area contributed by atoms with Crippen LogP contribution < -0.4 is 5.32 Å². The summed E-state index contributed by atoms with van der Waals surface area (Å²) in [6.45, 7) is 2.20. The van der Waals surface area contributed by atoms with E-state index in [1.165, 1.54) is 0 Å². The van der Waals surface area contributed by atoms with Crippen molar-refractivity contribution in [3.63, 3.8) is 0 Å². The average Bonchev–Trinajstić information content (AvgIpc) is 3.28. The molecule has 114 valence electrons. The van der Waals surface area contributed by atoms with E-state index in [1.54, 1.807) is 43.1 Å². The molecule has 0 spiro atoms. The second kappa shape index (κ2) is 6.72. The maximum absolute atomic E-state index is 12.2. The van der Waals surface area contributed by atoms with Gasteiger partial charge in [-0.2, -0.15) is 0 Å². The van der Waals surface area contributed by atoms with E-state index in [1.807, 2.05) is 0 Å². The number of hydrogen-bond acceptors (Lipinski definition) is 3. The first-order valence-corrected chi connectivity index (χ1v) is 7.32. The van der Waals surface area contributed by atoms with E-state index >= 15 is 0 Å². The molecule has 0 radical (unpaired) electrons. The Morgan fingerprint density at radius 2 is 1.86 bits per heavy atom. The van der Waals surface area contributed by atoms with Gasteiger partial charge in [0.1, 0.15) is 0 Å². The molecule has 2 rings (SSSR count). The zero-order valence-corrected chi connectivity index (χ0v) is 12.5. The number of nitrogens with one attached hydrogen (secondary N) is 1. The SMILES string of the molecule is CC(O)CCN(C)C(=O)c1ccc(C(=O)NC2CC2)cc1. The van der Waals surface area contributed by atoms with Gasteiger partial charge in [0.15, 0.2) is 0 Å². The molecule has 5 nitrogen and oxygen atoms in total. The molecule has 21 heavy (non-hydrogen) atoms. The first-order valence-electron chi connectivity index (χ1n) is 7.32. The van der Waals surface area contributed by atoms with E-state index < -0.39 is 6.10 Å². The molecule has 0 saturated heterocycles. The predicted molar refractivity (Wildman–Crippen MR) is 80.2 cm³/mol. The van der Waals surface area contributed by atoms with Gasteiger partial charge in [0, 0.05) is 30.8 Å². The Labute approximate surface area is 125 Å². The Morgan fingerprint density at radius 1 is 1.29 bits per heavy atom. The van der Waals surface area contributed by atoms with Gasteiger partial charge in [-0.25, -0.2) is 0 Å². The normalized spacial score (nSPS) is 15.4. The van der Waals surface area contributed by atoms with Crippen LogP contribution in [0.15, 0.2) is 24.3 Å². The second-order valence-electron chi connectivity index (χ2n) is 5.69. The third-order valence-corrected chi connectivity index (χ3v) is 3.54. The number of carbonyl (C=O) groups excluding carboxylic acids is 2. The van der Waals surface area contributed by atoms with E-state index in [0.29, 0.717) is 30.1 Å². The Kier molecular flexibility index (Phi) is 4.96. The molecule has 1 unspecified atom stereocenters. The number of benzene rings is 1. The lowest BCUT2D eigenvalue weighted by Crippen LogP contribution is -2.29. The van der Waals surface area contributed by atoms with Crippen molar-refractivity contribution >= 4 is 11.8 Å². The number of aliphatic hydroxyl groups is 1. The molecule has 0 heterocycles. The van der Waals surface area contributed by atoms with Crippen molar-refractivity contribution in [2.75, 3.05) is 13.6 Å². The summed E-state index contributed by atoms with van der Waals surface area (Å²) in [5, 5.41) is 12.2. The highest BCUT2D eigenvalue weighted by Crippen LogP contribution is 2.19. The van der Waals surface area contributed by atoms with Crippen molar-refractivity contribution in [2.45, 2.75) is 38.3 Å². The second-order valence-corrected chi connectivity index (χ2v) is 5.69. The van der Waals surface area contributed by atoms with Crippen LogP contribution in [0.25, 0.3) is 0 Å². The van der Waals surface area contributed by atoms with Crippen LogP contribution in [0.1, 0.15) is 46.9 Å². The minimum atomic E-state index is -0.422. The number of carbonyl (C=O) groups is 2. The van der Waals surface area contributed by atoms with Gasteiger partial charge in [0.05, 0.1) is 6.10 Å². The van der Waals surface area contributed by atoms with E-state index in [-0.39, 0.29) is 11.8 Å². The Bertz CT molecular complexity index is 507. The van der Waals surface area contributed by atoms with Crippen LogP contribution in [-0.4, -0.2) is 47.6 Å². The third kappa shape index (κ3) is 4.56. The lowest BCUT2D eigenvalue weighted by Gasteiger charge is -2.18. The van der Waals surface area contributed by atoms with Gasteiger partial charge >= 0.3 is 0 Å². The van der Waals surface area contributed by atoms with Crippen molar-refractivity contribution < 1.29 is 14.7 Å². The molecule has 0 bridgehead atoms. The van der Waals surface area contributed by atoms with E-state index in [2.05, 4.69) is 5.32 Å². The minimum absolute atomic E-state index is 0.0843. The molecule has 1 aromatic carbocycles. The summed E-state index contributed by atoms with van der Waals surface area (Å²) in [7, 11) is 1.71. The number of hydrogen-bond donors (Lipinski definition) is 2. The average molecular weight is 290 g/mol. The Morgan fingerprint density at radius 3 is 2.38 bits per heavy atom. The fourth-order valence-corrected chi connectivity index (χ4v) is 1.96. The van der Waals surface area contributed by atoms with Crippen molar-refractivity contribution in [1.82, 2.24) is 10.2 Å². The molecule has 1 fully saturated rings. The molecule has 1 atom stereocenters. The number of rotatable bonds is 6. The van der Waals surface area contributed by atoms with Gasteiger partial charge in [-0.3, -0.25) is 9.59 Å². The van der Waals surface area contributed by atoms with Crippen LogP contribution in [0.2, 0.25) is 0 Å². The molecule has 0 aromatic heterocycles. The summed E-state index contributed by atoms with van der Waals surface area (Å²) >= 11 is 0. The minimum Gasteiger partial charge on any atom is -0.393 e. The summed E-state index contributed by atoms with van der Waals surface area (Å²) < 4.78 is 0. The van der Waals surface area contributed by atoms with Crippen molar-refractivity contribution in [1.29, 1.82) is 0 Å². The first-order chi connectivity index (χ1) is 9.97. The van der Waals surface area contributed by atoms with Gasteiger partial charge in [-0.1, -0.05) is 0 Å². The van der Waals surface area contributed by atoms with Crippen LogP contribution in [0, 0.1) is 0 Å². The fraction of sp³-hybridized carbons (Fsp3) is 0.500. The van der Waals surface area contributed by atoms with Crippen LogP contribution in [0.5, 0.6) is 0 Å². The van der Waals surface area contributed by atoms with Gasteiger partial charge in [-0.05, 0) is 50.5 Å². The maximum atomic E-state index is 12.2. The molecule has 5 heteroatoms. The van der Waals surface area contributed by atoms with Crippen molar-refractivity contribution in [2.24, 2.45) is 0 Å². The highest BCUT2D eigenvalue weighted by atomic mass is 16.3. The lowest BCUT2D eigenvalue weighted by molar-refractivity contribution is 0.0768. The molecular weight excluding hydrogens is 268 g/mol. The molecule has 1 aliphatic rings. The maximum Gasteiger partial charge on any atom is 0.253 e. The molecular formula is C16H22N2O3. The Balaban J connectivity index is 1.93. The van der Waals surface area contributed by atoms with Crippen LogP contribution in [0.3, 0.4) is 0 Å². The molecule has 1 aliphatic carbocycles. The van der Waals surface area contributed by atoms with Gasteiger partial charge in [-0.15, -0.1) is 0 Å². The van der Waals surface area contributed by atoms with Gasteiger partial charge in [0.25, 0.3) is 11.8 Å². The first kappa shape index (κ1) is 15.5. The largest absolute Gasteiger partial charge is 0.393 e. The fourth-order valence-electron chi connectivity index (χ4n) is 1.96. The molecule has 1 aromatic rings. The van der Waals surface area contributed by atoms with E-state index in [0.717, 1.165) is 12.8 Å². The number of amides is 2. The Hall–Kier alpha value is -1.88. The standard InChI is InChI=1S/C16H22N2O3/c1-11(19)9-10-18(2)16(21)13-5-3-12(4-6-13)15(20)17-14-7-8-14/h3-6,11,14,19H,7-10H2,1-2H3,(H,17,20). The monoisotopic (exact) mass is 290 g/mol. The number of nitrogens with zero attached hydrogens (tertiary/aromatic N) is 1. The smallest absolute Gasteiger partial charge is 0.253 e. The zero-order chi connectivity index (χ0) is 15.4. The van der Waals surface area contributed by atoms with Gasteiger partial charge in [0.2, 0.25) is 0 Å². The summed E-state index contributed by atoms with van der Waals surface area (Å²) in [5.74, 6) is -0.191. The molecule has 1 saturated carbocycles. The highest BCUT2D eigenvalue weighted by Gasteiger charge is 2.23. The van der Waals surface area contributed by atoms with Crippen molar-refractivity contribution in [3.8, 4) is 0 Å². The van der Waals surface area contributed by atoms with Crippen LogP contribution >= 0.6 is 0 Å². The highest BCUT2D eigenvalue weighted by molar-refractivity contribution is 5.97. The summed E-state index contributed by atoms with van der Waals surface area (Å²) in [5.41, 5.74) is 1.12. The third-order valence-electron chi connectivity index (χ3n) is 3.54. The predicted octanol–water partition coefficient (Wildman–Crippen LogP) is 1.42. The van der Waals surface area contributed by atoms with Crippen LogP contribution in [0.4, 0.5) is 0 Å². The summed E-state index contributed by atoms with van der Waals surface area (Å²) in [6, 6.07) is 7.01. The topological polar surface area (TPSA) is 69.6 Å². The summed E-state index contributed by atoms with van der Waals surface area (Å²) in [4.78, 5) is 25.6. The van der Waals surface area contributed by atoms with Crippen molar-refractivity contribution in [3.05, 3.63) is 35.4 Å². The van der Waals surface area contributed by atoms with Crippen LogP contribution in [-0.2, 0) is 0 Å². The molecule has 0 aliphatic heterocycles. The van der Waals surface area contributed by atoms with E-state index in [9.17, 15) is 14.7 Å². The lowest BCUT2D eigenvalue weighted by atomic mass is 10.1. The summed E-state index contributed by atoms with van der Waals surface area (Å²) in [6.07, 6.45) is 2.23. The van der Waals surface area contributed by atoms with Gasteiger partial charge < -0.3 is 15.3 Å². The zero-order valence-electron chi connectivity index (χ0n) is 12.5. The molecule has 2 N–H and O–H groups in total. The number of aliphatic hydroxyl groups excluding tert-OH is 1. The quantitative estimate of drug-likeness (QED) is 0.832.